The summed E-state index contributed by atoms with van der Waals surface area (Å²) in [6.45, 7) is 1.02. The fourth-order valence-electron chi connectivity index (χ4n) is 4.63. The molecular formula is C25H24N4O6. The van der Waals surface area contributed by atoms with Gasteiger partial charge >= 0.3 is 12.1 Å². The van der Waals surface area contributed by atoms with Crippen molar-refractivity contribution in [3.8, 4) is 11.1 Å². The van der Waals surface area contributed by atoms with E-state index in [1.165, 1.54) is 15.8 Å². The molecule has 2 N–H and O–H groups in total. The zero-order chi connectivity index (χ0) is 24.4. The molecule has 5 rings (SSSR count). The minimum absolute atomic E-state index is 0.0206. The predicted octanol–water partition coefficient (Wildman–Crippen LogP) is 2.48. The van der Waals surface area contributed by atoms with Crippen LogP contribution in [-0.4, -0.2) is 65.8 Å². The Bertz CT molecular complexity index is 1240. The number of alkyl carbamates (subject to hydrolysis) is 1. The Morgan fingerprint density at radius 2 is 1.71 bits per heavy atom. The van der Waals surface area contributed by atoms with Crippen LogP contribution in [0.4, 0.5) is 10.6 Å². The first-order valence-corrected chi connectivity index (χ1v) is 11.3. The van der Waals surface area contributed by atoms with Gasteiger partial charge in [0.25, 0.3) is 5.91 Å². The summed E-state index contributed by atoms with van der Waals surface area (Å²) in [5.41, 5.74) is 4.57. The van der Waals surface area contributed by atoms with E-state index >= 15 is 0 Å². The van der Waals surface area contributed by atoms with Crippen LogP contribution in [0, 0.1) is 0 Å². The second-order valence-electron chi connectivity index (χ2n) is 8.26. The van der Waals surface area contributed by atoms with Gasteiger partial charge in [-0.1, -0.05) is 48.5 Å². The zero-order valence-corrected chi connectivity index (χ0v) is 18.8. The molecule has 0 spiro atoms. The normalized spacial score (nSPS) is 13.8. The lowest BCUT2D eigenvalue weighted by Gasteiger charge is -2.16. The highest BCUT2D eigenvalue weighted by Crippen LogP contribution is 2.44. The van der Waals surface area contributed by atoms with Gasteiger partial charge in [0, 0.05) is 19.0 Å². The number of benzene rings is 2. The first-order valence-electron chi connectivity index (χ1n) is 11.3. The van der Waals surface area contributed by atoms with Gasteiger partial charge in [-0.2, -0.15) is 5.10 Å². The monoisotopic (exact) mass is 476 g/mol. The molecule has 10 nitrogen and oxygen atoms in total. The number of hydrogen-bond donors (Lipinski definition) is 2. The van der Waals surface area contributed by atoms with Crippen LogP contribution in [0.15, 0.2) is 54.7 Å². The Balaban J connectivity index is 1.06. The van der Waals surface area contributed by atoms with Gasteiger partial charge in [0.15, 0.2) is 0 Å². The summed E-state index contributed by atoms with van der Waals surface area (Å²) in [6, 6.07) is 16.2. The van der Waals surface area contributed by atoms with Gasteiger partial charge in [-0.3, -0.25) is 9.69 Å². The summed E-state index contributed by atoms with van der Waals surface area (Å²) in [4.78, 5) is 37.4. The Morgan fingerprint density at radius 3 is 2.40 bits per heavy atom. The molecule has 0 fully saturated rings. The van der Waals surface area contributed by atoms with Crippen LogP contribution in [0.1, 0.15) is 27.4 Å². The maximum absolute atomic E-state index is 12.5. The number of nitrogens with one attached hydrogen (secondary N) is 1. The largest absolute Gasteiger partial charge is 0.477 e. The molecule has 0 unspecified atom stereocenters. The van der Waals surface area contributed by atoms with E-state index in [0.29, 0.717) is 13.1 Å². The molecule has 2 aromatic carbocycles. The number of carboxylic acids is 1. The molecule has 1 aromatic heterocycles. The maximum Gasteiger partial charge on any atom is 0.407 e. The number of aromatic carboxylic acids is 1. The van der Waals surface area contributed by atoms with Gasteiger partial charge in [-0.05, 0) is 22.3 Å². The minimum atomic E-state index is -1.14. The minimum Gasteiger partial charge on any atom is -0.477 e. The van der Waals surface area contributed by atoms with Crippen molar-refractivity contribution >= 4 is 23.8 Å². The third kappa shape index (κ3) is 4.35. The van der Waals surface area contributed by atoms with Gasteiger partial charge in [-0.25, -0.2) is 14.3 Å². The van der Waals surface area contributed by atoms with Gasteiger partial charge in [0.1, 0.15) is 24.6 Å². The van der Waals surface area contributed by atoms with Gasteiger partial charge in [-0.15, -0.1) is 0 Å². The number of anilines is 1. The van der Waals surface area contributed by atoms with E-state index in [-0.39, 0.29) is 49.6 Å². The Morgan fingerprint density at radius 1 is 1.03 bits per heavy atom. The molecule has 10 heteroatoms. The Labute approximate surface area is 201 Å². The van der Waals surface area contributed by atoms with Crippen LogP contribution in [0.3, 0.4) is 0 Å². The van der Waals surface area contributed by atoms with Crippen molar-refractivity contribution in [2.24, 2.45) is 0 Å². The highest BCUT2D eigenvalue weighted by Gasteiger charge is 2.31. The van der Waals surface area contributed by atoms with Crippen LogP contribution in [0.5, 0.6) is 0 Å². The molecule has 0 bridgehead atoms. The molecule has 35 heavy (non-hydrogen) atoms. The zero-order valence-electron chi connectivity index (χ0n) is 18.8. The Hall–Kier alpha value is -4.18. The number of nitrogens with zero attached hydrogens (tertiary/aromatic N) is 3. The molecule has 1 aliphatic carbocycles. The van der Waals surface area contributed by atoms with Crippen molar-refractivity contribution in [2.45, 2.75) is 12.5 Å². The summed E-state index contributed by atoms with van der Waals surface area (Å²) in [5.74, 6) is -1.26. The summed E-state index contributed by atoms with van der Waals surface area (Å²) < 4.78 is 12.3. The van der Waals surface area contributed by atoms with E-state index in [9.17, 15) is 19.5 Å². The van der Waals surface area contributed by atoms with E-state index in [1.54, 1.807) is 0 Å². The molecule has 1 aliphatic heterocycles. The molecule has 2 heterocycles. The van der Waals surface area contributed by atoms with Crippen LogP contribution >= 0.6 is 0 Å². The van der Waals surface area contributed by atoms with Crippen molar-refractivity contribution in [1.29, 1.82) is 0 Å². The predicted molar refractivity (Wildman–Crippen MR) is 125 cm³/mol. The number of fused-ring (bicyclic) bond motifs is 4. The van der Waals surface area contributed by atoms with Crippen molar-refractivity contribution in [3.05, 3.63) is 71.4 Å². The lowest BCUT2D eigenvalue weighted by molar-refractivity contribution is -0.122. The van der Waals surface area contributed by atoms with Crippen molar-refractivity contribution in [3.63, 3.8) is 0 Å². The molecule has 3 aromatic rings. The molecule has 0 radical (unpaired) electrons. The number of carbonyl (C=O) groups is 3. The van der Waals surface area contributed by atoms with Crippen LogP contribution in [0.2, 0.25) is 0 Å². The summed E-state index contributed by atoms with van der Waals surface area (Å²) in [5, 5.41) is 15.9. The van der Waals surface area contributed by atoms with E-state index < -0.39 is 12.1 Å². The second kappa shape index (κ2) is 9.59. The Kier molecular flexibility index (Phi) is 6.19. The van der Waals surface area contributed by atoms with E-state index in [2.05, 4.69) is 34.7 Å². The third-order valence-electron chi connectivity index (χ3n) is 6.22. The first-order chi connectivity index (χ1) is 17.0. The number of rotatable bonds is 8. The van der Waals surface area contributed by atoms with Crippen LogP contribution in [-0.2, 0) is 20.8 Å². The van der Waals surface area contributed by atoms with Crippen molar-refractivity contribution in [2.75, 3.05) is 37.8 Å². The average molecular weight is 476 g/mol. The molecule has 2 amide bonds. The van der Waals surface area contributed by atoms with Crippen LogP contribution in [0.25, 0.3) is 11.1 Å². The van der Waals surface area contributed by atoms with Gasteiger partial charge in [0.2, 0.25) is 0 Å². The fraction of sp³-hybridized carbons (Fsp3) is 0.280. The van der Waals surface area contributed by atoms with E-state index in [4.69, 9.17) is 9.47 Å². The number of amides is 2. The number of carbonyl (C=O) groups excluding carboxylic acids is 2. The summed E-state index contributed by atoms with van der Waals surface area (Å²) >= 11 is 0. The second-order valence-corrected chi connectivity index (χ2v) is 8.26. The van der Waals surface area contributed by atoms with Crippen molar-refractivity contribution < 1.29 is 29.0 Å². The van der Waals surface area contributed by atoms with E-state index in [1.807, 2.05) is 24.3 Å². The summed E-state index contributed by atoms with van der Waals surface area (Å²) in [7, 11) is 0. The van der Waals surface area contributed by atoms with Gasteiger partial charge in [0.05, 0.1) is 19.3 Å². The molecule has 0 saturated carbocycles. The number of hydrogen-bond acceptors (Lipinski definition) is 6. The number of ether oxygens (including phenoxy) is 2. The molecule has 0 saturated heterocycles. The fourth-order valence-corrected chi connectivity index (χ4v) is 4.63. The average Bonchev–Trinajstić information content (AvgIpc) is 3.55. The molecule has 2 aliphatic rings. The maximum atomic E-state index is 12.5. The SMILES string of the molecule is O=C(NCCOCC(=O)N1CCn2ncc(C(=O)O)c21)OCC1c2ccccc2-c2ccccc21. The summed E-state index contributed by atoms with van der Waals surface area (Å²) in [6.07, 6.45) is 0.673. The lowest BCUT2D eigenvalue weighted by Crippen LogP contribution is -2.34. The van der Waals surface area contributed by atoms with Crippen LogP contribution < -0.4 is 10.2 Å². The highest BCUT2D eigenvalue weighted by molar-refractivity contribution is 6.01. The third-order valence-corrected chi connectivity index (χ3v) is 6.22. The smallest absolute Gasteiger partial charge is 0.407 e. The standard InChI is InChI=1S/C25H24N4O6/c30-22(28-10-11-29-23(28)20(13-27-29)24(31)32)15-34-12-9-26-25(33)35-14-21-18-7-3-1-5-16(18)17-6-2-4-8-19(17)21/h1-8,13,21H,9-12,14-15H2,(H,26,33)(H,31,32). The first kappa shape index (κ1) is 22.6. The topological polar surface area (TPSA) is 123 Å². The van der Waals surface area contributed by atoms with Gasteiger partial charge < -0.3 is 19.9 Å². The highest BCUT2D eigenvalue weighted by atomic mass is 16.5. The number of aromatic nitrogens is 2. The molecular weight excluding hydrogens is 452 g/mol. The van der Waals surface area contributed by atoms with Crippen molar-refractivity contribution in [1.82, 2.24) is 15.1 Å². The molecule has 180 valence electrons. The van der Waals surface area contributed by atoms with E-state index in [0.717, 1.165) is 22.3 Å². The molecule has 0 atom stereocenters. The lowest BCUT2D eigenvalue weighted by atomic mass is 9.98. The quantitative estimate of drug-likeness (QED) is 0.479. The number of carboxylic acid groups (broad SMARTS) is 1.